The van der Waals surface area contributed by atoms with Crippen molar-refractivity contribution in [2.75, 3.05) is 32.8 Å². The van der Waals surface area contributed by atoms with Gasteiger partial charge in [0.25, 0.3) is 0 Å². The van der Waals surface area contributed by atoms with E-state index in [0.29, 0.717) is 45.0 Å². The van der Waals surface area contributed by atoms with Crippen molar-refractivity contribution >= 4 is 11.9 Å². The molecular weight excluding hydrogens is 376 g/mol. The first-order valence-electron chi connectivity index (χ1n) is 10.2. The molecule has 29 heavy (non-hydrogen) atoms. The first-order valence-corrected chi connectivity index (χ1v) is 10.2. The quantitative estimate of drug-likeness (QED) is 0.715. The van der Waals surface area contributed by atoms with E-state index in [2.05, 4.69) is 15.6 Å². The summed E-state index contributed by atoms with van der Waals surface area (Å²) in [6.07, 6.45) is 1.50. The third-order valence-corrected chi connectivity index (χ3v) is 5.79. The van der Waals surface area contributed by atoms with Crippen molar-refractivity contribution in [3.05, 3.63) is 24.0 Å². The van der Waals surface area contributed by atoms with Crippen molar-refractivity contribution in [2.24, 2.45) is 5.92 Å². The molecule has 9 nitrogen and oxygen atoms in total. The number of amides is 3. The van der Waals surface area contributed by atoms with Crippen molar-refractivity contribution in [1.82, 2.24) is 20.5 Å². The molecule has 0 aromatic carbocycles. The monoisotopic (exact) mass is 404 g/mol. The fourth-order valence-corrected chi connectivity index (χ4v) is 4.20. The highest BCUT2D eigenvalue weighted by molar-refractivity contribution is 5.79. The fourth-order valence-electron chi connectivity index (χ4n) is 4.20. The number of nitrogens with zero attached hydrogens (tertiary/aromatic N) is 2. The molecule has 0 bridgehead atoms. The molecule has 3 aliphatic rings. The molecule has 9 heteroatoms. The Labute approximate surface area is 170 Å². The number of fused-ring (bicyclic) bond motifs is 1. The molecule has 1 unspecified atom stereocenters. The minimum Gasteiger partial charge on any atom is -0.483 e. The van der Waals surface area contributed by atoms with E-state index in [9.17, 15) is 9.59 Å². The van der Waals surface area contributed by atoms with E-state index < -0.39 is 0 Å². The molecule has 3 aliphatic heterocycles. The Hall–Kier alpha value is -2.39. The topological polar surface area (TPSA) is 102 Å². The van der Waals surface area contributed by atoms with Gasteiger partial charge in [0, 0.05) is 38.2 Å². The highest BCUT2D eigenvalue weighted by atomic mass is 16.6. The molecule has 0 aliphatic carbocycles. The Balaban J connectivity index is 1.25. The Kier molecular flexibility index (Phi) is 5.86. The van der Waals surface area contributed by atoms with Gasteiger partial charge in [0.05, 0.1) is 24.9 Å². The number of nitrogens with one attached hydrogen (secondary N) is 2. The third kappa shape index (κ3) is 4.30. The molecule has 3 amide bonds. The number of aryl methyl sites for hydroxylation is 1. The van der Waals surface area contributed by atoms with Crippen LogP contribution in [0.1, 0.15) is 19.0 Å². The van der Waals surface area contributed by atoms with Crippen molar-refractivity contribution in [2.45, 2.75) is 44.6 Å². The number of ether oxygens (including phenoxy) is 3. The number of hydrogen-bond donors (Lipinski definition) is 2. The minimum absolute atomic E-state index is 0.154. The highest BCUT2D eigenvalue weighted by Gasteiger charge is 2.49. The van der Waals surface area contributed by atoms with Crippen LogP contribution in [0, 0.1) is 12.8 Å². The summed E-state index contributed by atoms with van der Waals surface area (Å²) in [5.41, 5.74) is 0.815. The SMILES string of the molecule is CCN1CC(CNC(=O)N[C@H]2CO[C@H]3[C@@H]2OC[C@@H]3Oc2cccnc2C)CC1=O. The largest absolute Gasteiger partial charge is 0.483 e. The van der Waals surface area contributed by atoms with Gasteiger partial charge in [0.2, 0.25) is 5.91 Å². The number of urea groups is 1. The van der Waals surface area contributed by atoms with Crippen LogP contribution < -0.4 is 15.4 Å². The van der Waals surface area contributed by atoms with Crippen LogP contribution in [0.4, 0.5) is 4.79 Å². The molecule has 1 aromatic rings. The molecule has 5 atom stereocenters. The lowest BCUT2D eigenvalue weighted by molar-refractivity contribution is -0.127. The van der Waals surface area contributed by atoms with Crippen LogP contribution in [-0.2, 0) is 14.3 Å². The maximum Gasteiger partial charge on any atom is 0.315 e. The molecule has 4 rings (SSSR count). The molecule has 0 spiro atoms. The van der Waals surface area contributed by atoms with Gasteiger partial charge in [-0.05, 0) is 26.0 Å². The second kappa shape index (κ2) is 8.54. The zero-order valence-electron chi connectivity index (χ0n) is 16.8. The summed E-state index contributed by atoms with van der Waals surface area (Å²) in [7, 11) is 0. The van der Waals surface area contributed by atoms with E-state index >= 15 is 0 Å². The smallest absolute Gasteiger partial charge is 0.315 e. The number of carbonyl (C=O) groups excluding carboxylic acids is 2. The van der Waals surface area contributed by atoms with Gasteiger partial charge in [-0.25, -0.2) is 4.79 Å². The Bertz CT molecular complexity index is 760. The number of hydrogen-bond acceptors (Lipinski definition) is 6. The average molecular weight is 404 g/mol. The molecule has 3 saturated heterocycles. The second-order valence-electron chi connectivity index (χ2n) is 7.80. The summed E-state index contributed by atoms with van der Waals surface area (Å²) >= 11 is 0. The molecule has 2 N–H and O–H groups in total. The van der Waals surface area contributed by atoms with Crippen LogP contribution in [0.5, 0.6) is 5.75 Å². The van der Waals surface area contributed by atoms with E-state index in [1.54, 1.807) is 6.20 Å². The summed E-state index contributed by atoms with van der Waals surface area (Å²) in [5, 5.41) is 5.82. The van der Waals surface area contributed by atoms with Gasteiger partial charge in [-0.3, -0.25) is 9.78 Å². The maximum absolute atomic E-state index is 12.3. The van der Waals surface area contributed by atoms with Crippen LogP contribution in [0.15, 0.2) is 18.3 Å². The minimum atomic E-state index is -0.266. The Morgan fingerprint density at radius 1 is 1.34 bits per heavy atom. The van der Waals surface area contributed by atoms with Crippen molar-refractivity contribution < 1.29 is 23.8 Å². The predicted molar refractivity (Wildman–Crippen MR) is 104 cm³/mol. The molecular formula is C20H28N4O5. The first-order chi connectivity index (χ1) is 14.0. The van der Waals surface area contributed by atoms with E-state index in [-0.39, 0.29) is 42.2 Å². The van der Waals surface area contributed by atoms with Crippen molar-refractivity contribution in [3.8, 4) is 5.75 Å². The van der Waals surface area contributed by atoms with Gasteiger partial charge in [-0.1, -0.05) is 0 Å². The molecule has 1 aromatic heterocycles. The van der Waals surface area contributed by atoms with Gasteiger partial charge in [-0.15, -0.1) is 0 Å². The predicted octanol–water partition coefficient (Wildman–Crippen LogP) is 0.471. The van der Waals surface area contributed by atoms with Crippen LogP contribution in [0.3, 0.4) is 0 Å². The lowest BCUT2D eigenvalue weighted by atomic mass is 10.1. The van der Waals surface area contributed by atoms with Crippen LogP contribution in [-0.4, -0.2) is 79.0 Å². The maximum atomic E-state index is 12.3. The van der Waals surface area contributed by atoms with E-state index in [1.165, 1.54) is 0 Å². The summed E-state index contributed by atoms with van der Waals surface area (Å²) in [5.74, 6) is 1.02. The van der Waals surface area contributed by atoms with Gasteiger partial charge in [0.1, 0.15) is 18.0 Å². The first kappa shape index (κ1) is 19.9. The van der Waals surface area contributed by atoms with E-state index in [1.807, 2.05) is 30.9 Å². The molecule has 3 fully saturated rings. The zero-order chi connectivity index (χ0) is 20.4. The van der Waals surface area contributed by atoms with Crippen LogP contribution >= 0.6 is 0 Å². The second-order valence-corrected chi connectivity index (χ2v) is 7.80. The lowest BCUT2D eigenvalue weighted by Gasteiger charge is -2.19. The molecule has 0 radical (unpaired) electrons. The normalized spacial score (nSPS) is 31.0. The van der Waals surface area contributed by atoms with Crippen molar-refractivity contribution in [1.29, 1.82) is 0 Å². The average Bonchev–Trinajstić information content (AvgIpc) is 3.39. The Morgan fingerprint density at radius 3 is 2.93 bits per heavy atom. The van der Waals surface area contributed by atoms with Gasteiger partial charge < -0.3 is 29.7 Å². The molecule has 4 heterocycles. The van der Waals surface area contributed by atoms with Crippen LogP contribution in [0.25, 0.3) is 0 Å². The number of aromatic nitrogens is 1. The third-order valence-electron chi connectivity index (χ3n) is 5.79. The van der Waals surface area contributed by atoms with Crippen molar-refractivity contribution in [3.63, 3.8) is 0 Å². The number of pyridine rings is 1. The summed E-state index contributed by atoms with van der Waals surface area (Å²) in [6, 6.07) is 3.21. The fraction of sp³-hybridized carbons (Fsp3) is 0.650. The van der Waals surface area contributed by atoms with Crippen LogP contribution in [0.2, 0.25) is 0 Å². The van der Waals surface area contributed by atoms with E-state index in [4.69, 9.17) is 14.2 Å². The summed E-state index contributed by atoms with van der Waals surface area (Å²) in [6.45, 7) is 6.52. The Morgan fingerprint density at radius 2 is 2.17 bits per heavy atom. The highest BCUT2D eigenvalue weighted by Crippen LogP contribution is 2.30. The lowest BCUT2D eigenvalue weighted by Crippen LogP contribution is -2.49. The molecule has 0 saturated carbocycles. The summed E-state index contributed by atoms with van der Waals surface area (Å²) < 4.78 is 17.8. The summed E-state index contributed by atoms with van der Waals surface area (Å²) in [4.78, 5) is 30.2. The van der Waals surface area contributed by atoms with Gasteiger partial charge in [0.15, 0.2) is 6.10 Å². The number of likely N-dealkylation sites (tertiary alicyclic amines) is 1. The number of rotatable bonds is 6. The van der Waals surface area contributed by atoms with Gasteiger partial charge in [-0.2, -0.15) is 0 Å². The van der Waals surface area contributed by atoms with E-state index in [0.717, 1.165) is 5.69 Å². The van der Waals surface area contributed by atoms with Gasteiger partial charge >= 0.3 is 6.03 Å². The zero-order valence-corrected chi connectivity index (χ0v) is 16.8. The molecule has 158 valence electrons. The standard InChI is InChI=1S/C20H28N4O5/c1-3-24-9-13(7-17(24)25)8-22-20(26)23-14-10-27-19-16(11-28-18(14)19)29-15-5-4-6-21-12(15)2/h4-6,13-14,16,18-19H,3,7-11H2,1-2H3,(H2,22,23,26)/t13?,14-,16-,18+,19+/m0/s1. The number of carbonyl (C=O) groups is 2.